The number of fused-ring (bicyclic) bond motifs is 1. The minimum Gasteiger partial charge on any atom is -0.480 e. The average Bonchev–Trinajstić information content (AvgIpc) is 2.77. The summed E-state index contributed by atoms with van der Waals surface area (Å²) in [5.41, 5.74) is 1.93. The molecule has 0 atom stereocenters. The van der Waals surface area contributed by atoms with Gasteiger partial charge in [0, 0.05) is 5.39 Å². The van der Waals surface area contributed by atoms with Crippen LogP contribution in [0.1, 0.15) is 61.7 Å². The number of para-hydroxylation sites is 1. The number of allylic oxidation sites excluding steroid dienone is 1. The van der Waals surface area contributed by atoms with E-state index in [1.165, 1.54) is 13.2 Å². The van der Waals surface area contributed by atoms with E-state index >= 15 is 0 Å². The fourth-order valence-corrected chi connectivity index (χ4v) is 3.63. The summed E-state index contributed by atoms with van der Waals surface area (Å²) in [5, 5.41) is 0.867. The highest BCUT2D eigenvalue weighted by atomic mass is 16.6. The largest absolute Gasteiger partial charge is 0.480 e. The number of hydrogen-bond donors (Lipinski definition) is 0. The van der Waals surface area contributed by atoms with Gasteiger partial charge in [0.2, 0.25) is 5.88 Å². The number of hydrogen-bond acceptors (Lipinski definition) is 6. The Bertz CT molecular complexity index is 1280. The number of esters is 1. The van der Waals surface area contributed by atoms with Crippen LogP contribution in [-0.2, 0) is 9.53 Å². The van der Waals surface area contributed by atoms with Crippen molar-refractivity contribution in [2.75, 3.05) is 7.11 Å². The van der Waals surface area contributed by atoms with Crippen molar-refractivity contribution < 1.29 is 23.8 Å². The second-order valence-electron chi connectivity index (χ2n) is 10.0. The predicted molar refractivity (Wildman–Crippen MR) is 138 cm³/mol. The maximum atomic E-state index is 13.0. The molecule has 0 aliphatic carbocycles. The number of carbonyl (C=O) groups is 2. The molecule has 0 aliphatic rings. The Balaban J connectivity index is 1.84. The number of carbonyl (C=O) groups excluding carboxylic acids is 2. The Labute approximate surface area is 206 Å². The van der Waals surface area contributed by atoms with Crippen LogP contribution in [-0.4, -0.2) is 35.0 Å². The molecule has 0 radical (unpaired) electrons. The number of nitrogens with zero attached hydrogens (tertiary/aromatic N) is 1. The van der Waals surface area contributed by atoms with Crippen LogP contribution < -0.4 is 9.47 Å². The van der Waals surface area contributed by atoms with Crippen molar-refractivity contribution in [2.24, 2.45) is 0 Å². The van der Waals surface area contributed by atoms with E-state index in [-0.39, 0.29) is 5.78 Å². The van der Waals surface area contributed by atoms with Gasteiger partial charge in [-0.3, -0.25) is 4.79 Å². The van der Waals surface area contributed by atoms with Crippen LogP contribution >= 0.6 is 0 Å². The maximum absolute atomic E-state index is 13.0. The van der Waals surface area contributed by atoms with Crippen molar-refractivity contribution in [3.63, 3.8) is 0 Å². The smallest absolute Gasteiger partial charge is 0.350 e. The number of ether oxygens (including phenoxy) is 3. The third kappa shape index (κ3) is 6.27. The highest BCUT2D eigenvalue weighted by Crippen LogP contribution is 2.30. The van der Waals surface area contributed by atoms with E-state index in [1.807, 2.05) is 71.0 Å². The highest BCUT2D eigenvalue weighted by molar-refractivity contribution is 6.10. The summed E-state index contributed by atoms with van der Waals surface area (Å²) in [6, 6.07) is 13.2. The number of ketones is 1. The lowest BCUT2D eigenvalue weighted by Crippen LogP contribution is -2.43. The Kier molecular flexibility index (Phi) is 7.34. The normalized spacial score (nSPS) is 12.1. The SMILES string of the molecule is COc1nc2ccccc2cc1C(=O)/C=C/c1cc(C)c(OC(C)(C)C(=O)OC(C)(C)C)c(C)c1. The predicted octanol–water partition coefficient (Wildman–Crippen LogP) is 6.26. The number of rotatable bonds is 7. The molecule has 184 valence electrons. The second kappa shape index (κ2) is 9.90. The molecule has 1 aromatic heterocycles. The fourth-order valence-electron chi connectivity index (χ4n) is 3.63. The lowest BCUT2D eigenvalue weighted by molar-refractivity contribution is -0.171. The zero-order chi connectivity index (χ0) is 26.0. The zero-order valence-corrected chi connectivity index (χ0v) is 21.7. The van der Waals surface area contributed by atoms with Crippen molar-refractivity contribution in [1.82, 2.24) is 4.98 Å². The number of benzene rings is 2. The van der Waals surface area contributed by atoms with Gasteiger partial charge in [-0.15, -0.1) is 0 Å². The average molecular weight is 476 g/mol. The maximum Gasteiger partial charge on any atom is 0.350 e. The van der Waals surface area contributed by atoms with E-state index in [4.69, 9.17) is 14.2 Å². The minimum atomic E-state index is -1.16. The standard InChI is InChI=1S/C29H33NO5/c1-18-15-20(16-19(2)25(18)34-29(6,7)27(32)35-28(3,4)5)13-14-24(31)22-17-21-11-9-10-12-23(21)30-26(22)33-8/h9-17H,1-8H3/b14-13+. The van der Waals surface area contributed by atoms with Gasteiger partial charge in [-0.05, 0) is 95.5 Å². The van der Waals surface area contributed by atoms with Crippen LogP contribution in [0.5, 0.6) is 11.6 Å². The van der Waals surface area contributed by atoms with Crippen LogP contribution in [0.4, 0.5) is 0 Å². The van der Waals surface area contributed by atoms with Crippen molar-refractivity contribution in [1.29, 1.82) is 0 Å². The summed E-state index contributed by atoms with van der Waals surface area (Å²) < 4.78 is 17.0. The van der Waals surface area contributed by atoms with Gasteiger partial charge in [-0.2, -0.15) is 0 Å². The molecule has 0 amide bonds. The number of pyridine rings is 1. The van der Waals surface area contributed by atoms with E-state index in [1.54, 1.807) is 26.0 Å². The van der Waals surface area contributed by atoms with Crippen molar-refractivity contribution in [3.8, 4) is 11.6 Å². The van der Waals surface area contributed by atoms with E-state index < -0.39 is 17.2 Å². The van der Waals surface area contributed by atoms with E-state index in [0.29, 0.717) is 17.2 Å². The molecule has 0 N–H and O–H groups in total. The summed E-state index contributed by atoms with van der Waals surface area (Å²) >= 11 is 0. The van der Waals surface area contributed by atoms with Crippen molar-refractivity contribution in [3.05, 3.63) is 70.8 Å². The van der Waals surface area contributed by atoms with Gasteiger partial charge in [0.25, 0.3) is 0 Å². The number of methoxy groups -OCH3 is 1. The molecule has 3 aromatic rings. The number of aromatic nitrogens is 1. The van der Waals surface area contributed by atoms with Gasteiger partial charge in [0.1, 0.15) is 11.4 Å². The molecule has 0 unspecified atom stereocenters. The molecule has 1 heterocycles. The molecule has 0 saturated heterocycles. The first-order valence-electron chi connectivity index (χ1n) is 11.5. The monoisotopic (exact) mass is 475 g/mol. The molecule has 6 heteroatoms. The Morgan fingerprint density at radius 3 is 2.17 bits per heavy atom. The van der Waals surface area contributed by atoms with Gasteiger partial charge < -0.3 is 14.2 Å². The van der Waals surface area contributed by atoms with Crippen LogP contribution in [0.2, 0.25) is 0 Å². The summed E-state index contributed by atoms with van der Waals surface area (Å²) in [7, 11) is 1.50. The summed E-state index contributed by atoms with van der Waals surface area (Å²) in [6.07, 6.45) is 3.26. The summed E-state index contributed by atoms with van der Waals surface area (Å²) in [6.45, 7) is 12.7. The van der Waals surface area contributed by atoms with Gasteiger partial charge in [0.15, 0.2) is 11.4 Å². The van der Waals surface area contributed by atoms with Gasteiger partial charge in [0.05, 0.1) is 18.2 Å². The molecular weight excluding hydrogens is 442 g/mol. The van der Waals surface area contributed by atoms with Gasteiger partial charge in [-0.1, -0.05) is 24.3 Å². The first-order chi connectivity index (χ1) is 16.3. The molecule has 0 spiro atoms. The van der Waals surface area contributed by atoms with E-state index in [9.17, 15) is 9.59 Å². The first kappa shape index (κ1) is 25.9. The van der Waals surface area contributed by atoms with Crippen molar-refractivity contribution in [2.45, 2.75) is 59.7 Å². The second-order valence-corrected chi connectivity index (χ2v) is 10.0. The topological polar surface area (TPSA) is 74.7 Å². The Hall–Kier alpha value is -3.67. The molecule has 3 rings (SSSR count). The fraction of sp³-hybridized carbons (Fsp3) is 0.345. The molecule has 0 saturated carbocycles. The first-order valence-corrected chi connectivity index (χ1v) is 11.5. The van der Waals surface area contributed by atoms with Gasteiger partial charge in [-0.25, -0.2) is 9.78 Å². The molecule has 6 nitrogen and oxygen atoms in total. The minimum absolute atomic E-state index is 0.207. The zero-order valence-electron chi connectivity index (χ0n) is 21.7. The summed E-state index contributed by atoms with van der Waals surface area (Å²) in [5.74, 6) is 0.265. The highest BCUT2D eigenvalue weighted by Gasteiger charge is 2.35. The van der Waals surface area contributed by atoms with E-state index in [2.05, 4.69) is 4.98 Å². The van der Waals surface area contributed by atoms with E-state index in [0.717, 1.165) is 27.6 Å². The summed E-state index contributed by atoms with van der Waals surface area (Å²) in [4.78, 5) is 30.0. The van der Waals surface area contributed by atoms with Crippen LogP contribution in [0.15, 0.2) is 48.5 Å². The Morgan fingerprint density at radius 2 is 1.57 bits per heavy atom. The molecular formula is C29H33NO5. The van der Waals surface area contributed by atoms with Crippen LogP contribution in [0, 0.1) is 13.8 Å². The van der Waals surface area contributed by atoms with Crippen LogP contribution in [0.25, 0.3) is 17.0 Å². The Morgan fingerprint density at radius 1 is 0.943 bits per heavy atom. The van der Waals surface area contributed by atoms with Crippen LogP contribution in [0.3, 0.4) is 0 Å². The third-order valence-corrected chi connectivity index (χ3v) is 5.31. The molecule has 0 bridgehead atoms. The van der Waals surface area contributed by atoms with Crippen molar-refractivity contribution >= 4 is 28.7 Å². The molecule has 35 heavy (non-hydrogen) atoms. The third-order valence-electron chi connectivity index (χ3n) is 5.31. The lowest BCUT2D eigenvalue weighted by atomic mass is 10.0. The number of aryl methyl sites for hydroxylation is 2. The quantitative estimate of drug-likeness (QED) is 0.228. The van der Waals surface area contributed by atoms with Gasteiger partial charge >= 0.3 is 5.97 Å². The molecule has 0 aliphatic heterocycles. The molecule has 0 fully saturated rings. The lowest BCUT2D eigenvalue weighted by Gasteiger charge is -2.30. The molecule has 2 aromatic carbocycles.